The van der Waals surface area contributed by atoms with Gasteiger partial charge in [-0.15, -0.1) is 0 Å². The Hall–Kier alpha value is -1.00. The number of aliphatic hydroxyl groups is 1. The molecule has 1 aliphatic rings. The zero-order chi connectivity index (χ0) is 11.1. The van der Waals surface area contributed by atoms with Gasteiger partial charge in [-0.2, -0.15) is 0 Å². The molecular weight excluding hydrogens is 192 g/mol. The molecule has 2 rings (SSSR count). The third-order valence-corrected chi connectivity index (χ3v) is 2.62. The maximum absolute atomic E-state index is 9.93. The fourth-order valence-electron chi connectivity index (χ4n) is 1.38. The van der Waals surface area contributed by atoms with Crippen molar-refractivity contribution in [2.75, 3.05) is 13.2 Å². The van der Waals surface area contributed by atoms with Crippen LogP contribution in [0.5, 0.6) is 0 Å². The molecule has 15 heavy (non-hydrogen) atoms. The van der Waals surface area contributed by atoms with Crippen LogP contribution in [0.4, 0.5) is 0 Å². The number of hydrogen-bond donors (Lipinski definition) is 1. The van der Waals surface area contributed by atoms with E-state index in [1.54, 1.807) is 12.4 Å². The minimum absolute atomic E-state index is 0.0390. The lowest BCUT2D eigenvalue weighted by Gasteiger charge is -2.34. The Morgan fingerprint density at radius 3 is 2.13 bits per heavy atom. The molecule has 0 radical (unpaired) electrons. The van der Waals surface area contributed by atoms with E-state index in [9.17, 15) is 5.11 Å². The molecule has 4 nitrogen and oxygen atoms in total. The lowest BCUT2D eigenvalue weighted by atomic mass is 9.89. The van der Waals surface area contributed by atoms with Crippen molar-refractivity contribution in [3.63, 3.8) is 0 Å². The average Bonchev–Trinajstić information content (AvgIpc) is 2.13. The van der Waals surface area contributed by atoms with Gasteiger partial charge < -0.3 is 9.84 Å². The van der Waals surface area contributed by atoms with Crippen molar-refractivity contribution in [2.24, 2.45) is 0 Å². The van der Waals surface area contributed by atoms with Crippen molar-refractivity contribution < 1.29 is 9.84 Å². The Kier molecular flexibility index (Phi) is 2.28. The predicted molar refractivity (Wildman–Crippen MR) is 55.4 cm³/mol. The van der Waals surface area contributed by atoms with E-state index in [2.05, 4.69) is 30.7 Å². The Balaban J connectivity index is 2.24. The summed E-state index contributed by atoms with van der Waals surface area (Å²) < 4.78 is 4.96. The smallest absolute Gasteiger partial charge is 0.170 e. The van der Waals surface area contributed by atoms with E-state index >= 15 is 0 Å². The first-order valence-electron chi connectivity index (χ1n) is 5.05. The molecule has 1 aromatic heterocycles. The molecule has 82 valence electrons. The van der Waals surface area contributed by atoms with Gasteiger partial charge in [-0.25, -0.2) is 9.97 Å². The van der Waals surface area contributed by atoms with Gasteiger partial charge in [-0.3, -0.25) is 0 Å². The highest BCUT2D eigenvalue weighted by molar-refractivity contribution is 5.17. The predicted octanol–water partition coefficient (Wildman–Crippen LogP) is 0.992. The lowest BCUT2D eigenvalue weighted by Crippen LogP contribution is -2.47. The Bertz CT molecular complexity index is 350. The van der Waals surface area contributed by atoms with Crippen molar-refractivity contribution in [2.45, 2.75) is 31.8 Å². The van der Waals surface area contributed by atoms with Gasteiger partial charge in [0.15, 0.2) is 11.4 Å². The van der Waals surface area contributed by atoms with E-state index in [-0.39, 0.29) is 5.41 Å². The minimum Gasteiger partial charge on any atom is -0.377 e. The van der Waals surface area contributed by atoms with Crippen LogP contribution in [0, 0.1) is 0 Å². The van der Waals surface area contributed by atoms with E-state index in [0.717, 1.165) is 5.56 Å². The highest BCUT2D eigenvalue weighted by Gasteiger charge is 2.40. The highest BCUT2D eigenvalue weighted by atomic mass is 16.5. The molecule has 0 aliphatic carbocycles. The summed E-state index contributed by atoms with van der Waals surface area (Å²) in [5.74, 6) is 0.460. The van der Waals surface area contributed by atoms with Gasteiger partial charge >= 0.3 is 0 Å². The van der Waals surface area contributed by atoms with Crippen molar-refractivity contribution in [3.8, 4) is 0 Å². The van der Waals surface area contributed by atoms with E-state index in [4.69, 9.17) is 4.74 Å². The molecule has 1 N–H and O–H groups in total. The summed E-state index contributed by atoms with van der Waals surface area (Å²) in [4.78, 5) is 8.40. The molecule has 0 amide bonds. The summed E-state index contributed by atoms with van der Waals surface area (Å²) in [7, 11) is 0. The fourth-order valence-corrected chi connectivity index (χ4v) is 1.38. The van der Waals surface area contributed by atoms with Gasteiger partial charge in [-0.1, -0.05) is 20.8 Å². The average molecular weight is 208 g/mol. The molecule has 0 unspecified atom stereocenters. The van der Waals surface area contributed by atoms with Crippen LogP contribution in [0.25, 0.3) is 0 Å². The summed E-state index contributed by atoms with van der Waals surface area (Å²) in [5, 5.41) is 9.93. The number of aromatic nitrogens is 2. The Morgan fingerprint density at radius 1 is 1.27 bits per heavy atom. The number of nitrogens with zero attached hydrogens (tertiary/aromatic N) is 2. The normalized spacial score (nSPS) is 19.7. The van der Waals surface area contributed by atoms with Crippen molar-refractivity contribution >= 4 is 0 Å². The van der Waals surface area contributed by atoms with Crippen molar-refractivity contribution in [1.29, 1.82) is 0 Å². The second-order valence-corrected chi connectivity index (χ2v) is 5.07. The Labute approximate surface area is 89.3 Å². The summed E-state index contributed by atoms with van der Waals surface area (Å²) in [6.07, 6.45) is 3.55. The van der Waals surface area contributed by atoms with Crippen LogP contribution in [0.1, 0.15) is 32.2 Å². The molecule has 0 saturated carbocycles. The molecule has 0 aromatic carbocycles. The maximum Gasteiger partial charge on any atom is 0.170 e. The topological polar surface area (TPSA) is 55.2 Å². The first-order chi connectivity index (χ1) is 6.92. The van der Waals surface area contributed by atoms with E-state index < -0.39 is 5.60 Å². The summed E-state index contributed by atoms with van der Waals surface area (Å²) in [6.45, 7) is 6.90. The minimum atomic E-state index is -0.962. The monoisotopic (exact) mass is 208 g/mol. The third kappa shape index (κ3) is 1.87. The second-order valence-electron chi connectivity index (χ2n) is 5.07. The molecule has 4 heteroatoms. The van der Waals surface area contributed by atoms with E-state index in [1.807, 2.05) is 0 Å². The molecule has 0 spiro atoms. The van der Waals surface area contributed by atoms with Crippen LogP contribution in [-0.4, -0.2) is 28.3 Å². The van der Waals surface area contributed by atoms with Gasteiger partial charge in [-0.05, 0) is 11.0 Å². The Morgan fingerprint density at radius 2 is 1.80 bits per heavy atom. The molecule has 1 fully saturated rings. The van der Waals surface area contributed by atoms with Crippen LogP contribution in [-0.2, 0) is 15.8 Å². The largest absolute Gasteiger partial charge is 0.377 e. The van der Waals surface area contributed by atoms with E-state index in [1.165, 1.54) is 0 Å². The van der Waals surface area contributed by atoms with Crippen LogP contribution in [0.2, 0.25) is 0 Å². The van der Waals surface area contributed by atoms with Gasteiger partial charge in [0.05, 0.1) is 13.2 Å². The SMILES string of the molecule is CC(C)(C)c1cnc(C2(O)COC2)nc1. The van der Waals surface area contributed by atoms with Gasteiger partial charge in [0.2, 0.25) is 0 Å². The number of ether oxygens (including phenoxy) is 1. The van der Waals surface area contributed by atoms with Gasteiger partial charge in [0.1, 0.15) is 0 Å². The molecule has 2 heterocycles. The first-order valence-corrected chi connectivity index (χ1v) is 5.05. The van der Waals surface area contributed by atoms with Gasteiger partial charge in [0.25, 0.3) is 0 Å². The first kappa shape index (κ1) is 10.5. The molecule has 1 aromatic rings. The number of hydrogen-bond acceptors (Lipinski definition) is 4. The van der Waals surface area contributed by atoms with Crippen LogP contribution in [0.3, 0.4) is 0 Å². The molecule has 0 atom stereocenters. The molecule has 1 saturated heterocycles. The van der Waals surface area contributed by atoms with E-state index in [0.29, 0.717) is 19.0 Å². The fraction of sp³-hybridized carbons (Fsp3) is 0.636. The maximum atomic E-state index is 9.93. The van der Waals surface area contributed by atoms with Crippen molar-refractivity contribution in [1.82, 2.24) is 9.97 Å². The number of rotatable bonds is 1. The second kappa shape index (κ2) is 3.25. The zero-order valence-electron chi connectivity index (χ0n) is 9.32. The van der Waals surface area contributed by atoms with Crippen molar-refractivity contribution in [3.05, 3.63) is 23.8 Å². The highest BCUT2D eigenvalue weighted by Crippen LogP contribution is 2.27. The quantitative estimate of drug-likeness (QED) is 0.747. The molecule has 0 bridgehead atoms. The lowest BCUT2D eigenvalue weighted by molar-refractivity contribution is -0.189. The zero-order valence-corrected chi connectivity index (χ0v) is 9.32. The third-order valence-electron chi connectivity index (χ3n) is 2.62. The van der Waals surface area contributed by atoms with Crippen LogP contribution in [0.15, 0.2) is 12.4 Å². The standard InChI is InChI=1S/C11H16N2O2/c1-10(2,3)8-4-12-9(13-5-8)11(14)6-15-7-11/h4-5,14H,6-7H2,1-3H3. The van der Waals surface area contributed by atoms with Crippen LogP contribution < -0.4 is 0 Å². The molecule has 1 aliphatic heterocycles. The van der Waals surface area contributed by atoms with Crippen LogP contribution >= 0.6 is 0 Å². The molecular formula is C11H16N2O2. The summed E-state index contributed by atoms with van der Waals surface area (Å²) in [6, 6.07) is 0. The van der Waals surface area contributed by atoms with Gasteiger partial charge in [0, 0.05) is 12.4 Å². The summed E-state index contributed by atoms with van der Waals surface area (Å²) in [5.41, 5.74) is 0.142. The summed E-state index contributed by atoms with van der Waals surface area (Å²) >= 11 is 0.